The van der Waals surface area contributed by atoms with E-state index in [0.717, 1.165) is 41.8 Å². The Morgan fingerprint density at radius 2 is 2.21 bits per heavy atom. The predicted molar refractivity (Wildman–Crippen MR) is 109 cm³/mol. The van der Waals surface area contributed by atoms with Gasteiger partial charge >= 0.3 is 0 Å². The average molecular weight is 421 g/mol. The molecule has 4 rings (SSSR count). The molecule has 0 fully saturated rings. The summed E-state index contributed by atoms with van der Waals surface area (Å²) in [6, 6.07) is 1.53. The highest BCUT2D eigenvalue weighted by Crippen LogP contribution is 2.48. The first-order valence-corrected chi connectivity index (χ1v) is 10.3. The van der Waals surface area contributed by atoms with Gasteiger partial charge in [0.15, 0.2) is 22.3 Å². The van der Waals surface area contributed by atoms with Crippen molar-refractivity contribution in [3.05, 3.63) is 37.9 Å². The second kappa shape index (κ2) is 7.72. The molecule has 3 N–H and O–H groups in total. The number of methoxy groups -OCH3 is 1. The highest BCUT2D eigenvalue weighted by molar-refractivity contribution is 7.71. The first kappa shape index (κ1) is 19.8. The van der Waals surface area contributed by atoms with E-state index in [1.165, 1.54) is 0 Å². The third-order valence-corrected chi connectivity index (χ3v) is 6.07. The van der Waals surface area contributed by atoms with E-state index in [4.69, 9.17) is 26.4 Å². The molecule has 0 amide bonds. The molecule has 29 heavy (non-hydrogen) atoms. The maximum Gasteiger partial charge on any atom is 0.265 e. The molecule has 3 heterocycles. The summed E-state index contributed by atoms with van der Waals surface area (Å²) in [5.74, 6) is 1.67. The van der Waals surface area contributed by atoms with E-state index in [1.807, 2.05) is 13.1 Å². The average Bonchev–Trinajstić information content (AvgIpc) is 3.16. The number of ether oxygens (including phenoxy) is 3. The number of aromatic hydroxyl groups is 1. The maximum absolute atomic E-state index is 13.0. The topological polar surface area (TPSA) is 90.2 Å². The van der Waals surface area contributed by atoms with Crippen LogP contribution in [0.4, 0.5) is 0 Å². The Balaban J connectivity index is 1.96. The number of hydrogen-bond acceptors (Lipinski definition) is 6. The molecule has 2 atom stereocenters. The molecule has 0 spiro atoms. The minimum atomic E-state index is -0.421. The van der Waals surface area contributed by atoms with Gasteiger partial charge in [0.05, 0.1) is 26.3 Å². The molecule has 2 aromatic rings. The van der Waals surface area contributed by atoms with E-state index in [2.05, 4.69) is 11.9 Å². The molecule has 0 radical (unpaired) electrons. The number of rotatable bonds is 5. The Hall–Kier alpha value is -2.52. The quantitative estimate of drug-likeness (QED) is 0.632. The van der Waals surface area contributed by atoms with Crippen LogP contribution in [0.2, 0.25) is 0 Å². The van der Waals surface area contributed by atoms with E-state index in [9.17, 15) is 9.90 Å². The fourth-order valence-electron chi connectivity index (χ4n) is 4.28. The number of H-pyrrole nitrogens is 1. The van der Waals surface area contributed by atoms with Crippen LogP contribution in [-0.4, -0.2) is 42.2 Å². The number of fused-ring (bicyclic) bond motifs is 2. The summed E-state index contributed by atoms with van der Waals surface area (Å²) in [5, 5.41) is 11.1. The van der Waals surface area contributed by atoms with E-state index in [1.54, 1.807) is 11.7 Å². The molecule has 2 aliphatic rings. The molecule has 0 saturated carbocycles. The van der Waals surface area contributed by atoms with Crippen LogP contribution < -0.4 is 24.7 Å². The van der Waals surface area contributed by atoms with Gasteiger partial charge in [0.1, 0.15) is 5.56 Å². The van der Waals surface area contributed by atoms with Crippen molar-refractivity contribution in [2.45, 2.75) is 38.8 Å². The lowest BCUT2D eigenvalue weighted by atomic mass is 9.87. The van der Waals surface area contributed by atoms with Crippen molar-refractivity contribution < 1.29 is 24.2 Å². The van der Waals surface area contributed by atoms with Crippen LogP contribution in [0.15, 0.2) is 10.9 Å². The van der Waals surface area contributed by atoms with Gasteiger partial charge in [-0.05, 0) is 30.3 Å². The number of quaternary nitrogens is 1. The van der Waals surface area contributed by atoms with Crippen molar-refractivity contribution in [1.29, 1.82) is 0 Å². The maximum atomic E-state index is 13.0. The molecule has 2 aliphatic heterocycles. The zero-order valence-corrected chi connectivity index (χ0v) is 17.6. The molecule has 9 heteroatoms. The summed E-state index contributed by atoms with van der Waals surface area (Å²) in [5.41, 5.74) is 1.80. The Bertz CT molecular complexity index is 1060. The molecular weight excluding hydrogens is 394 g/mol. The molecule has 0 aliphatic carbocycles. The van der Waals surface area contributed by atoms with Gasteiger partial charge < -0.3 is 24.2 Å². The van der Waals surface area contributed by atoms with E-state index < -0.39 is 6.04 Å². The summed E-state index contributed by atoms with van der Waals surface area (Å²) in [7, 11) is 3.59. The van der Waals surface area contributed by atoms with Crippen LogP contribution in [0.25, 0.3) is 0 Å². The van der Waals surface area contributed by atoms with Gasteiger partial charge in [0.2, 0.25) is 18.4 Å². The summed E-state index contributed by atoms with van der Waals surface area (Å²) in [4.78, 5) is 16.8. The third-order valence-electron chi connectivity index (χ3n) is 5.75. The van der Waals surface area contributed by atoms with Crippen LogP contribution in [-0.2, 0) is 13.0 Å². The van der Waals surface area contributed by atoms with Crippen LogP contribution in [0.1, 0.15) is 42.5 Å². The highest BCUT2D eigenvalue weighted by atomic mass is 32.1. The lowest BCUT2D eigenvalue weighted by Crippen LogP contribution is -3.10. The van der Waals surface area contributed by atoms with Gasteiger partial charge in [-0.25, -0.2) is 0 Å². The molecule has 1 aromatic heterocycles. The Morgan fingerprint density at radius 3 is 2.93 bits per heavy atom. The van der Waals surface area contributed by atoms with Crippen molar-refractivity contribution >= 4 is 12.2 Å². The van der Waals surface area contributed by atoms with Crippen molar-refractivity contribution in [2.75, 3.05) is 27.5 Å². The lowest BCUT2D eigenvalue weighted by molar-refractivity contribution is -0.908. The first-order valence-electron chi connectivity index (χ1n) is 9.85. The molecule has 0 bridgehead atoms. The number of benzene rings is 1. The summed E-state index contributed by atoms with van der Waals surface area (Å²) in [6.45, 7) is 3.54. The third kappa shape index (κ3) is 3.18. The predicted octanol–water partition coefficient (Wildman–Crippen LogP) is 1.31. The van der Waals surface area contributed by atoms with Crippen LogP contribution >= 0.6 is 12.2 Å². The molecule has 0 saturated heterocycles. The minimum absolute atomic E-state index is 0.0795. The summed E-state index contributed by atoms with van der Waals surface area (Å²) < 4.78 is 18.7. The van der Waals surface area contributed by atoms with Crippen LogP contribution in [0.5, 0.6) is 23.1 Å². The first-order chi connectivity index (χ1) is 14.0. The van der Waals surface area contributed by atoms with E-state index in [0.29, 0.717) is 29.4 Å². The number of hydrogen-bond donors (Lipinski definition) is 3. The largest absolute Gasteiger partial charge is 0.494 e. The summed E-state index contributed by atoms with van der Waals surface area (Å²) in [6.07, 6.45) is 2.60. The van der Waals surface area contributed by atoms with E-state index >= 15 is 0 Å². The Kier molecular flexibility index (Phi) is 5.26. The van der Waals surface area contributed by atoms with E-state index in [-0.39, 0.29) is 23.0 Å². The fourth-order valence-corrected chi connectivity index (χ4v) is 4.55. The number of aromatic nitrogens is 2. The molecule has 1 unspecified atom stereocenters. The zero-order chi connectivity index (χ0) is 20.7. The monoisotopic (exact) mass is 420 g/mol. The second-order valence-corrected chi connectivity index (χ2v) is 7.88. The van der Waals surface area contributed by atoms with Gasteiger partial charge in [-0.2, -0.15) is 0 Å². The van der Waals surface area contributed by atoms with Crippen molar-refractivity contribution in [3.8, 4) is 23.1 Å². The van der Waals surface area contributed by atoms with Gasteiger partial charge in [-0.3, -0.25) is 14.3 Å². The number of nitrogens with zero attached hydrogens (tertiary/aromatic N) is 1. The Labute approximate surface area is 173 Å². The number of unbranched alkanes of at least 4 members (excludes halogenated alkanes) is 1. The van der Waals surface area contributed by atoms with Crippen LogP contribution in [0.3, 0.4) is 0 Å². The zero-order valence-electron chi connectivity index (χ0n) is 16.8. The number of nitrogens with one attached hydrogen (secondary N) is 2. The number of aromatic amines is 1. The molecule has 8 nitrogen and oxygen atoms in total. The minimum Gasteiger partial charge on any atom is -0.494 e. The number of likely N-dealkylation sites (N-methyl/N-ethyl adjacent to an activating group) is 1. The molecular formula is C20H26N3O5S+. The van der Waals surface area contributed by atoms with Gasteiger partial charge in [0.25, 0.3) is 5.56 Å². The smallest absolute Gasteiger partial charge is 0.265 e. The van der Waals surface area contributed by atoms with Crippen LogP contribution in [0, 0.1) is 4.77 Å². The normalized spacial score (nSPS) is 19.8. The van der Waals surface area contributed by atoms with Gasteiger partial charge in [-0.15, -0.1) is 0 Å². The van der Waals surface area contributed by atoms with Crippen molar-refractivity contribution in [3.63, 3.8) is 0 Å². The lowest BCUT2D eigenvalue weighted by Gasteiger charge is -2.33. The SMILES string of the molecule is CCCCn1c(O)c([C@H]2c3c(cc4c(c3OC)OCO4)CC[NH+]2C)c(=O)[nH]c1=S. The Morgan fingerprint density at radius 1 is 1.41 bits per heavy atom. The fraction of sp³-hybridized carbons (Fsp3) is 0.500. The summed E-state index contributed by atoms with van der Waals surface area (Å²) >= 11 is 5.30. The van der Waals surface area contributed by atoms with Crippen molar-refractivity contribution in [1.82, 2.24) is 9.55 Å². The molecule has 156 valence electrons. The van der Waals surface area contributed by atoms with Gasteiger partial charge in [-0.1, -0.05) is 13.3 Å². The second-order valence-electron chi connectivity index (χ2n) is 7.50. The standard InChI is InChI=1S/C20H25N3O5S/c1-4-5-7-23-19(25)14(18(24)21-20(23)29)15-13-11(6-8-22(15)2)9-12-16(17(13)26-3)28-10-27-12/h9,15,25H,4-8,10H2,1-3H3,(H,21,24,29)/p+1/t15-/m1/s1. The van der Waals surface area contributed by atoms with Gasteiger partial charge in [0, 0.05) is 13.0 Å². The van der Waals surface area contributed by atoms with Crippen molar-refractivity contribution in [2.24, 2.45) is 0 Å². The molecule has 1 aromatic carbocycles. The highest BCUT2D eigenvalue weighted by Gasteiger charge is 2.40.